The largest absolute Gasteiger partial charge is 0.490 e. The first kappa shape index (κ1) is 52.6. The molecule has 0 saturated carbocycles. The minimum Gasteiger partial charge on any atom is -0.490 e. The molecule has 22 heteroatoms. The molecule has 2 amide bonds. The van der Waals surface area contributed by atoms with Gasteiger partial charge in [0.15, 0.2) is 34.1 Å². The number of amides is 2. The second-order valence-corrected chi connectivity index (χ2v) is 21.1. The molecule has 2 unspecified atom stereocenters. The number of nitrogens with zero attached hydrogens (tertiary/aromatic N) is 10. The summed E-state index contributed by atoms with van der Waals surface area (Å²) in [5.41, 5.74) is 3.12. The Labute approximate surface area is 436 Å². The molecule has 0 bridgehead atoms. The van der Waals surface area contributed by atoms with E-state index in [2.05, 4.69) is 35.5 Å². The summed E-state index contributed by atoms with van der Waals surface area (Å²) in [6.45, 7) is 10.3. The van der Waals surface area contributed by atoms with E-state index in [1.807, 2.05) is 40.9 Å². The summed E-state index contributed by atoms with van der Waals surface area (Å²) in [4.78, 5) is 62.1. The summed E-state index contributed by atoms with van der Waals surface area (Å²) in [5.74, 6) is -1.90. The number of ether oxygens (including phenoxy) is 2. The molecule has 3 aromatic heterocycles. The van der Waals surface area contributed by atoms with Crippen LogP contribution in [-0.4, -0.2) is 141 Å². The Kier molecular flexibility index (Phi) is 16.4. The molecule has 0 radical (unpaired) electrons. The number of esters is 1. The smallest absolute Gasteiger partial charge is 0.338 e. The molecule has 0 aliphatic carbocycles. The number of aliphatic hydroxyl groups is 1. The molecule has 4 aliphatic heterocycles. The third kappa shape index (κ3) is 12.0. The zero-order valence-electron chi connectivity index (χ0n) is 41.7. The Hall–Kier alpha value is -6.26. The van der Waals surface area contributed by atoms with Crippen LogP contribution in [-0.2, 0) is 16.0 Å². The van der Waals surface area contributed by atoms with E-state index in [9.17, 15) is 27.9 Å². The van der Waals surface area contributed by atoms with Gasteiger partial charge in [0, 0.05) is 122 Å². The Balaban J connectivity index is 0.713. The van der Waals surface area contributed by atoms with Crippen LogP contribution in [0.1, 0.15) is 86.8 Å². The minimum atomic E-state index is -1.02. The number of nitrogens with one attached hydrogen (secondary N) is 2. The third-order valence-corrected chi connectivity index (χ3v) is 15.0. The summed E-state index contributed by atoms with van der Waals surface area (Å²) >= 11 is 7.93. The molecule has 2 aromatic carbocycles. The van der Waals surface area contributed by atoms with Crippen LogP contribution in [0.4, 0.5) is 23.7 Å². The van der Waals surface area contributed by atoms with Crippen LogP contribution in [0.25, 0.3) is 11.6 Å². The molecule has 392 valence electrons. The molecule has 9 rings (SSSR count). The van der Waals surface area contributed by atoms with Crippen molar-refractivity contribution in [3.05, 3.63) is 122 Å². The highest BCUT2D eigenvalue weighted by Gasteiger charge is 2.43. The number of unbranched alkanes of at least 4 members (excludes halogenated alkanes) is 3. The number of aromatic nitrogens is 5. The maximum Gasteiger partial charge on any atom is 0.338 e. The number of carbonyl (C=O) groups excluding carboxylic acids is 2. The Morgan fingerprint density at radius 1 is 0.986 bits per heavy atom. The van der Waals surface area contributed by atoms with Gasteiger partial charge in [0.1, 0.15) is 18.1 Å². The lowest BCUT2D eigenvalue weighted by Crippen LogP contribution is -2.53. The van der Waals surface area contributed by atoms with Crippen molar-refractivity contribution in [2.45, 2.75) is 83.6 Å². The molecule has 7 heterocycles. The van der Waals surface area contributed by atoms with E-state index < -0.39 is 41.1 Å². The molecule has 2 fully saturated rings. The molecule has 4 aliphatic rings. The third-order valence-electron chi connectivity index (χ3n) is 13.9. The van der Waals surface area contributed by atoms with E-state index >= 15 is 0 Å². The fraction of sp³-hybridized carbons (Fsp3) is 0.462. The normalized spacial score (nSPS) is 19.5. The van der Waals surface area contributed by atoms with Crippen molar-refractivity contribution < 1.29 is 37.3 Å². The van der Waals surface area contributed by atoms with Gasteiger partial charge in [-0.2, -0.15) is 4.39 Å². The number of aliphatic imine (C=N–C) groups is 1. The number of benzene rings is 2. The number of anilines is 1. The molecule has 4 atom stereocenters. The van der Waals surface area contributed by atoms with Crippen molar-refractivity contribution in [1.29, 1.82) is 0 Å². The number of aliphatic hydroxyl groups excluding tert-OH is 1. The van der Waals surface area contributed by atoms with Crippen molar-refractivity contribution in [1.82, 2.24) is 50.3 Å². The number of hydrogen-bond donors (Lipinski definition) is 3. The number of methoxy groups -OCH3 is 1. The van der Waals surface area contributed by atoms with E-state index in [4.69, 9.17) is 31.1 Å². The second kappa shape index (κ2) is 23.1. The Morgan fingerprint density at radius 2 is 1.80 bits per heavy atom. The van der Waals surface area contributed by atoms with Gasteiger partial charge in [0.05, 0.1) is 37.1 Å². The van der Waals surface area contributed by atoms with Crippen molar-refractivity contribution in [2.24, 2.45) is 10.4 Å². The first-order chi connectivity index (χ1) is 35.7. The molecule has 5 aromatic rings. The highest BCUT2D eigenvalue weighted by atomic mass is 35.5. The standard InChI is InChI=1S/C52H60ClF3N12O5S/c1-31-36-26-61-47(46-58-14-9-15-59-46)62-39(36)12-17-67(31)33-23-38(55)44(56)41(24-33)73-20-8-6-5-7-13-57-42(69)25-52(2,3)30-66-28-34-27-65(18-19-68(34)51(66)71)29-40-43(50(70)72-4)45(35-11-10-32(54)22-37(35)53)64-48(63-40)49-60-16-21-74-49/h9-11,14-16,21-24,26,31,34,42,45,57,69H,5-8,12-13,17-20,25,27-30H2,1-4H3,(H,63,64)/t31?,34-,42?,45-/m0/s1. The average molecular weight is 1060 g/mol. The van der Waals surface area contributed by atoms with Crippen molar-refractivity contribution in [2.75, 3.05) is 71.0 Å². The fourth-order valence-corrected chi connectivity index (χ4v) is 11.1. The van der Waals surface area contributed by atoms with Gasteiger partial charge in [-0.3, -0.25) is 15.2 Å². The number of urea groups is 1. The zero-order chi connectivity index (χ0) is 52.1. The molecule has 17 nitrogen and oxygen atoms in total. The number of fused-ring (bicyclic) bond motifs is 2. The van der Waals surface area contributed by atoms with E-state index in [0.29, 0.717) is 111 Å². The van der Waals surface area contributed by atoms with Crippen LogP contribution in [0.5, 0.6) is 5.75 Å². The van der Waals surface area contributed by atoms with Crippen molar-refractivity contribution >= 4 is 46.5 Å². The van der Waals surface area contributed by atoms with Crippen LogP contribution in [0.2, 0.25) is 5.02 Å². The monoisotopic (exact) mass is 1060 g/mol. The van der Waals surface area contributed by atoms with Crippen molar-refractivity contribution in [3.8, 4) is 17.4 Å². The first-order valence-electron chi connectivity index (χ1n) is 24.9. The maximum absolute atomic E-state index is 15.0. The summed E-state index contributed by atoms with van der Waals surface area (Å²) in [6.07, 6.45) is 9.97. The number of halogens is 4. The highest BCUT2D eigenvalue weighted by molar-refractivity contribution is 7.11. The zero-order valence-corrected chi connectivity index (χ0v) is 43.3. The first-order valence-corrected chi connectivity index (χ1v) is 26.1. The fourth-order valence-electron chi connectivity index (χ4n) is 10.3. The second-order valence-electron chi connectivity index (χ2n) is 19.8. The summed E-state index contributed by atoms with van der Waals surface area (Å²) in [6, 6.07) is 7.26. The van der Waals surface area contributed by atoms with Gasteiger partial charge in [0.25, 0.3) is 0 Å². The predicted octanol–water partition coefficient (Wildman–Crippen LogP) is 7.49. The van der Waals surface area contributed by atoms with Gasteiger partial charge in [-0.1, -0.05) is 44.4 Å². The molecular weight excluding hydrogens is 997 g/mol. The predicted molar refractivity (Wildman–Crippen MR) is 274 cm³/mol. The molecular formula is C52H60ClF3N12O5S. The van der Waals surface area contributed by atoms with Crippen LogP contribution in [0.15, 0.2) is 82.8 Å². The minimum absolute atomic E-state index is 0.0444. The quantitative estimate of drug-likeness (QED) is 0.0396. The Morgan fingerprint density at radius 3 is 2.57 bits per heavy atom. The molecule has 74 heavy (non-hydrogen) atoms. The van der Waals surface area contributed by atoms with Gasteiger partial charge >= 0.3 is 12.0 Å². The van der Waals surface area contributed by atoms with Crippen molar-refractivity contribution in [3.63, 3.8) is 0 Å². The van der Waals surface area contributed by atoms with E-state index in [1.54, 1.807) is 36.9 Å². The average Bonchev–Trinajstić information content (AvgIpc) is 4.04. The lowest BCUT2D eigenvalue weighted by molar-refractivity contribution is -0.136. The van der Waals surface area contributed by atoms with Gasteiger partial charge in [-0.15, -0.1) is 11.3 Å². The lowest BCUT2D eigenvalue weighted by Gasteiger charge is -2.38. The van der Waals surface area contributed by atoms with E-state index in [-0.39, 0.29) is 41.1 Å². The summed E-state index contributed by atoms with van der Waals surface area (Å²) in [7, 11) is 1.30. The number of hydrogen-bond acceptors (Lipinski definition) is 16. The molecule has 0 spiro atoms. The number of amidine groups is 1. The van der Waals surface area contributed by atoms with Crippen LogP contribution >= 0.6 is 22.9 Å². The number of carbonyl (C=O) groups is 2. The van der Waals surface area contributed by atoms with E-state index in [0.717, 1.165) is 30.5 Å². The van der Waals surface area contributed by atoms with Crippen LogP contribution < -0.4 is 20.3 Å². The maximum atomic E-state index is 15.0. The van der Waals surface area contributed by atoms with Gasteiger partial charge in [-0.25, -0.2) is 43.3 Å². The Bertz CT molecular complexity index is 2880. The summed E-state index contributed by atoms with van der Waals surface area (Å²) < 4.78 is 55.1. The van der Waals surface area contributed by atoms with Crippen LogP contribution in [0.3, 0.4) is 0 Å². The topological polar surface area (TPSA) is 187 Å². The number of piperazine rings is 1. The van der Waals surface area contributed by atoms with E-state index in [1.165, 1.54) is 42.7 Å². The van der Waals surface area contributed by atoms with Gasteiger partial charge in [-0.05, 0) is 56.3 Å². The summed E-state index contributed by atoms with van der Waals surface area (Å²) in [5, 5.41) is 20.2. The molecule has 2 saturated heterocycles. The highest BCUT2D eigenvalue weighted by Crippen LogP contribution is 2.39. The van der Waals surface area contributed by atoms with Gasteiger partial charge < -0.3 is 34.6 Å². The van der Waals surface area contributed by atoms with Gasteiger partial charge in [0.2, 0.25) is 5.82 Å². The van der Waals surface area contributed by atoms with Crippen LogP contribution in [0, 0.1) is 22.9 Å². The number of thiazole rings is 1. The molecule has 3 N–H and O–H groups in total. The SMILES string of the molecule is COC(=O)C1=C(CN2CCN3C(=O)N(CC(C)(C)CC(O)NCCCCCCOc4cc(N5CCc6nc(-c7ncccn7)ncc6C5C)cc(F)c4F)C[C@@H]3C2)NC(c2nccs2)=N[C@H]1c1ccc(F)cc1Cl. The number of rotatable bonds is 20. The lowest BCUT2D eigenvalue weighted by atomic mass is 9.87.